The monoisotopic (exact) mass is 443 g/mol. The molecule has 3 aliphatic carbocycles. The lowest BCUT2D eigenvalue weighted by Gasteiger charge is -2.32. The summed E-state index contributed by atoms with van der Waals surface area (Å²) < 4.78 is 0. The fourth-order valence-electron chi connectivity index (χ4n) is 8.33. The Hall–Kier alpha value is -0.860. The third kappa shape index (κ3) is 4.83. The summed E-state index contributed by atoms with van der Waals surface area (Å²) in [6.45, 7) is 12.7. The standard InChI is InChI=1S/C29H49NO2/c1-6-19-14-22(13-12-20-16-21(7-2)26(17-20)29(3,4)5)23(15-19)18-30-27(31)24-10-8-9-11-25(24)28(30)32/h19-26H,6-18H2,1-5H3. The van der Waals surface area contributed by atoms with Gasteiger partial charge < -0.3 is 0 Å². The molecular formula is C29H49NO2. The highest BCUT2D eigenvalue weighted by Crippen LogP contribution is 2.50. The van der Waals surface area contributed by atoms with Gasteiger partial charge in [0.25, 0.3) is 0 Å². The first-order valence-electron chi connectivity index (χ1n) is 14.1. The summed E-state index contributed by atoms with van der Waals surface area (Å²) in [6.07, 6.45) is 14.7. The molecule has 4 fully saturated rings. The maximum atomic E-state index is 13.1. The number of hydrogen-bond acceptors (Lipinski definition) is 2. The zero-order valence-electron chi connectivity index (χ0n) is 21.6. The van der Waals surface area contributed by atoms with Gasteiger partial charge in [0, 0.05) is 6.54 Å². The minimum absolute atomic E-state index is 0.0110. The summed E-state index contributed by atoms with van der Waals surface area (Å²) in [5, 5.41) is 0. The first-order chi connectivity index (χ1) is 15.2. The molecule has 3 saturated carbocycles. The molecule has 0 N–H and O–H groups in total. The summed E-state index contributed by atoms with van der Waals surface area (Å²) in [5.41, 5.74) is 0.423. The molecule has 0 bridgehead atoms. The van der Waals surface area contributed by atoms with Crippen molar-refractivity contribution in [3.8, 4) is 0 Å². The fraction of sp³-hybridized carbons (Fsp3) is 0.931. The molecule has 8 atom stereocenters. The molecule has 1 aliphatic heterocycles. The van der Waals surface area contributed by atoms with E-state index in [1.165, 1.54) is 51.4 Å². The van der Waals surface area contributed by atoms with E-state index in [4.69, 9.17) is 0 Å². The number of hydrogen-bond donors (Lipinski definition) is 0. The van der Waals surface area contributed by atoms with E-state index in [1.54, 1.807) is 4.90 Å². The van der Waals surface area contributed by atoms with Gasteiger partial charge in [-0.05, 0) is 85.9 Å². The third-order valence-corrected chi connectivity index (χ3v) is 10.2. The van der Waals surface area contributed by atoms with E-state index in [-0.39, 0.29) is 23.7 Å². The molecule has 0 aromatic carbocycles. The van der Waals surface area contributed by atoms with Crippen molar-refractivity contribution in [2.75, 3.05) is 6.54 Å². The van der Waals surface area contributed by atoms with Crippen LogP contribution in [0.15, 0.2) is 0 Å². The van der Waals surface area contributed by atoms with Crippen LogP contribution in [0, 0.1) is 52.8 Å². The molecule has 0 spiro atoms. The Balaban J connectivity index is 1.37. The average Bonchev–Trinajstić information content (AvgIpc) is 3.44. The molecular weight excluding hydrogens is 394 g/mol. The van der Waals surface area contributed by atoms with Gasteiger partial charge in [-0.1, -0.05) is 66.7 Å². The summed E-state index contributed by atoms with van der Waals surface area (Å²) in [6, 6.07) is 0. The maximum Gasteiger partial charge on any atom is 0.233 e. The van der Waals surface area contributed by atoms with Crippen LogP contribution < -0.4 is 0 Å². The Kier molecular flexibility index (Phi) is 7.42. The minimum Gasteiger partial charge on any atom is -0.282 e. The number of fused-ring (bicyclic) bond motifs is 1. The normalized spacial score (nSPS) is 40.3. The smallest absolute Gasteiger partial charge is 0.233 e. The van der Waals surface area contributed by atoms with Crippen molar-refractivity contribution >= 4 is 11.8 Å². The first-order valence-corrected chi connectivity index (χ1v) is 14.1. The van der Waals surface area contributed by atoms with Crippen LogP contribution >= 0.6 is 0 Å². The predicted molar refractivity (Wildman–Crippen MR) is 131 cm³/mol. The van der Waals surface area contributed by atoms with Crippen molar-refractivity contribution in [3.63, 3.8) is 0 Å². The second kappa shape index (κ2) is 9.79. The zero-order chi connectivity index (χ0) is 23.0. The second-order valence-electron chi connectivity index (χ2n) is 13.1. The Labute approximate surface area is 197 Å². The highest BCUT2D eigenvalue weighted by molar-refractivity contribution is 6.05. The zero-order valence-corrected chi connectivity index (χ0v) is 21.6. The van der Waals surface area contributed by atoms with Crippen LogP contribution in [0.4, 0.5) is 0 Å². The average molecular weight is 444 g/mol. The molecule has 32 heavy (non-hydrogen) atoms. The van der Waals surface area contributed by atoms with Crippen molar-refractivity contribution < 1.29 is 9.59 Å². The van der Waals surface area contributed by atoms with Crippen molar-refractivity contribution in [1.29, 1.82) is 0 Å². The molecule has 2 amide bonds. The third-order valence-electron chi connectivity index (χ3n) is 10.2. The molecule has 8 unspecified atom stereocenters. The van der Waals surface area contributed by atoms with Crippen LogP contribution in [0.2, 0.25) is 0 Å². The Bertz CT molecular complexity index is 655. The fourth-order valence-corrected chi connectivity index (χ4v) is 8.33. The lowest BCUT2D eigenvalue weighted by Crippen LogP contribution is -2.36. The van der Waals surface area contributed by atoms with Gasteiger partial charge >= 0.3 is 0 Å². The molecule has 0 aromatic heterocycles. The number of rotatable bonds is 7. The molecule has 0 aromatic rings. The molecule has 1 heterocycles. The molecule has 182 valence electrons. The van der Waals surface area contributed by atoms with Gasteiger partial charge in [0.2, 0.25) is 11.8 Å². The lowest BCUT2D eigenvalue weighted by molar-refractivity contribution is -0.140. The van der Waals surface area contributed by atoms with Crippen LogP contribution in [-0.4, -0.2) is 23.3 Å². The maximum absolute atomic E-state index is 13.1. The van der Waals surface area contributed by atoms with Crippen molar-refractivity contribution in [3.05, 3.63) is 0 Å². The van der Waals surface area contributed by atoms with Crippen molar-refractivity contribution in [2.45, 2.75) is 112 Å². The van der Waals surface area contributed by atoms with Crippen molar-refractivity contribution in [1.82, 2.24) is 4.90 Å². The molecule has 4 aliphatic rings. The number of carbonyl (C=O) groups is 2. The van der Waals surface area contributed by atoms with Gasteiger partial charge in [0.05, 0.1) is 11.8 Å². The van der Waals surface area contributed by atoms with Crippen LogP contribution in [0.5, 0.6) is 0 Å². The number of likely N-dealkylation sites (tertiary alicyclic amines) is 1. The SMILES string of the molecule is CCC1CC(CCC2CC(CC)C(C(C)(C)C)C2)C(CN2C(=O)C3CCCCC3C2=O)C1. The number of amides is 2. The number of carbonyl (C=O) groups excluding carboxylic acids is 2. The molecule has 4 rings (SSSR count). The lowest BCUT2D eigenvalue weighted by atomic mass is 9.74. The number of nitrogens with zero attached hydrogens (tertiary/aromatic N) is 1. The van der Waals surface area contributed by atoms with Crippen LogP contribution in [0.1, 0.15) is 112 Å². The Morgan fingerprint density at radius 3 is 1.88 bits per heavy atom. The van der Waals surface area contributed by atoms with Gasteiger partial charge in [-0.2, -0.15) is 0 Å². The van der Waals surface area contributed by atoms with Gasteiger partial charge in [0.15, 0.2) is 0 Å². The molecule has 0 radical (unpaired) electrons. The first kappa shape index (κ1) is 24.3. The van der Waals surface area contributed by atoms with Gasteiger partial charge in [0.1, 0.15) is 0 Å². The van der Waals surface area contributed by atoms with E-state index in [0.717, 1.165) is 55.9 Å². The summed E-state index contributed by atoms with van der Waals surface area (Å²) in [5.74, 6) is 5.04. The van der Waals surface area contributed by atoms with E-state index in [2.05, 4.69) is 34.6 Å². The summed E-state index contributed by atoms with van der Waals surface area (Å²) in [4.78, 5) is 27.9. The Morgan fingerprint density at radius 1 is 0.750 bits per heavy atom. The van der Waals surface area contributed by atoms with E-state index >= 15 is 0 Å². The Morgan fingerprint density at radius 2 is 1.34 bits per heavy atom. The van der Waals surface area contributed by atoms with E-state index in [0.29, 0.717) is 17.3 Å². The van der Waals surface area contributed by atoms with Gasteiger partial charge in [-0.15, -0.1) is 0 Å². The van der Waals surface area contributed by atoms with Crippen LogP contribution in [-0.2, 0) is 9.59 Å². The van der Waals surface area contributed by atoms with Crippen molar-refractivity contribution in [2.24, 2.45) is 52.8 Å². The van der Waals surface area contributed by atoms with Crippen LogP contribution in [0.25, 0.3) is 0 Å². The largest absolute Gasteiger partial charge is 0.282 e. The number of imide groups is 1. The summed E-state index contributed by atoms with van der Waals surface area (Å²) in [7, 11) is 0. The van der Waals surface area contributed by atoms with Gasteiger partial charge in [-0.25, -0.2) is 0 Å². The van der Waals surface area contributed by atoms with Crippen LogP contribution in [0.3, 0.4) is 0 Å². The minimum atomic E-state index is 0.0110. The second-order valence-corrected chi connectivity index (χ2v) is 13.1. The van der Waals surface area contributed by atoms with E-state index < -0.39 is 0 Å². The molecule has 3 heteroatoms. The van der Waals surface area contributed by atoms with E-state index in [9.17, 15) is 9.59 Å². The van der Waals surface area contributed by atoms with Gasteiger partial charge in [-0.3, -0.25) is 14.5 Å². The topological polar surface area (TPSA) is 37.4 Å². The molecule has 3 nitrogen and oxygen atoms in total. The summed E-state index contributed by atoms with van der Waals surface area (Å²) >= 11 is 0. The van der Waals surface area contributed by atoms with E-state index in [1.807, 2.05) is 0 Å². The quantitative estimate of drug-likeness (QED) is 0.394. The molecule has 1 saturated heterocycles. The predicted octanol–water partition coefficient (Wildman–Crippen LogP) is 7.09. The highest BCUT2D eigenvalue weighted by Gasteiger charge is 2.49. The highest BCUT2D eigenvalue weighted by atomic mass is 16.2.